The Labute approximate surface area is 113 Å². The highest BCUT2D eigenvalue weighted by Crippen LogP contribution is 2.48. The van der Waals surface area contributed by atoms with E-state index in [1.54, 1.807) is 11.1 Å². The van der Waals surface area contributed by atoms with Crippen LogP contribution in [0, 0.1) is 11.8 Å². The van der Waals surface area contributed by atoms with Crippen LogP contribution in [0.2, 0.25) is 0 Å². The monoisotopic (exact) mass is 328 g/mol. The zero-order valence-electron chi connectivity index (χ0n) is 10.4. The molecule has 0 amide bonds. The Morgan fingerprint density at radius 2 is 1.94 bits per heavy atom. The number of halogens is 1. The minimum atomic E-state index is 0.703. The van der Waals surface area contributed by atoms with E-state index in [0.29, 0.717) is 3.92 Å². The Morgan fingerprint density at radius 3 is 2.56 bits per heavy atom. The maximum absolute atomic E-state index is 2.62. The molecule has 1 aromatic rings. The van der Waals surface area contributed by atoms with E-state index < -0.39 is 0 Å². The molecule has 0 heterocycles. The van der Waals surface area contributed by atoms with Gasteiger partial charge in [-0.25, -0.2) is 0 Å². The normalized spacial score (nSPS) is 30.9. The van der Waals surface area contributed by atoms with Crippen molar-refractivity contribution < 1.29 is 0 Å². The molecular formula is C15H21I. The molecule has 1 aromatic carbocycles. The van der Waals surface area contributed by atoms with Crippen LogP contribution in [0.3, 0.4) is 0 Å². The molecule has 88 valence electrons. The first-order valence-corrected chi connectivity index (χ1v) is 7.62. The van der Waals surface area contributed by atoms with Crippen molar-refractivity contribution in [3.8, 4) is 0 Å². The average molecular weight is 328 g/mol. The summed E-state index contributed by atoms with van der Waals surface area (Å²) in [6.45, 7) is 7.12. The first kappa shape index (κ1) is 12.4. The van der Waals surface area contributed by atoms with Gasteiger partial charge in [0.15, 0.2) is 0 Å². The van der Waals surface area contributed by atoms with Gasteiger partial charge >= 0.3 is 0 Å². The first-order chi connectivity index (χ1) is 7.65. The third-order valence-electron chi connectivity index (χ3n) is 4.15. The second kappa shape index (κ2) is 5.07. The van der Waals surface area contributed by atoms with E-state index in [9.17, 15) is 0 Å². The molecular weight excluding hydrogens is 307 g/mol. The molecule has 0 aromatic heterocycles. The molecule has 0 fully saturated rings. The molecule has 2 rings (SSSR count). The zero-order chi connectivity index (χ0) is 11.7. The van der Waals surface area contributed by atoms with Crippen molar-refractivity contribution in [2.75, 3.05) is 0 Å². The van der Waals surface area contributed by atoms with Crippen LogP contribution in [-0.4, -0.2) is 0 Å². The van der Waals surface area contributed by atoms with Crippen LogP contribution in [-0.2, 0) is 0 Å². The second-order valence-electron chi connectivity index (χ2n) is 5.24. The molecule has 1 aliphatic rings. The van der Waals surface area contributed by atoms with Gasteiger partial charge in [0.25, 0.3) is 0 Å². The largest absolute Gasteiger partial charge is 0.0771 e. The number of rotatable bonds is 2. The summed E-state index contributed by atoms with van der Waals surface area (Å²) in [6, 6.07) is 9.07. The van der Waals surface area contributed by atoms with Crippen molar-refractivity contribution in [1.29, 1.82) is 0 Å². The van der Waals surface area contributed by atoms with Gasteiger partial charge in [0.05, 0.1) is 0 Å². The van der Waals surface area contributed by atoms with Gasteiger partial charge in [-0.3, -0.25) is 0 Å². The van der Waals surface area contributed by atoms with Crippen LogP contribution in [0.15, 0.2) is 24.3 Å². The molecule has 0 N–H and O–H groups in total. The van der Waals surface area contributed by atoms with Crippen LogP contribution in [0.1, 0.15) is 54.6 Å². The van der Waals surface area contributed by atoms with Crippen LogP contribution in [0.5, 0.6) is 0 Å². The van der Waals surface area contributed by atoms with Crippen molar-refractivity contribution in [3.05, 3.63) is 35.4 Å². The van der Waals surface area contributed by atoms with Gasteiger partial charge in [-0.05, 0) is 35.3 Å². The molecule has 4 atom stereocenters. The van der Waals surface area contributed by atoms with Crippen LogP contribution < -0.4 is 0 Å². The molecule has 1 aliphatic carbocycles. The van der Waals surface area contributed by atoms with E-state index in [-0.39, 0.29) is 0 Å². The fourth-order valence-electron chi connectivity index (χ4n) is 2.88. The highest BCUT2D eigenvalue weighted by atomic mass is 127. The summed E-state index contributed by atoms with van der Waals surface area (Å²) < 4.78 is 0.703. The number of hydrogen-bond acceptors (Lipinski definition) is 0. The van der Waals surface area contributed by atoms with Crippen LogP contribution >= 0.6 is 22.6 Å². The van der Waals surface area contributed by atoms with Crippen LogP contribution in [0.25, 0.3) is 0 Å². The van der Waals surface area contributed by atoms with Gasteiger partial charge in [-0.1, -0.05) is 74.0 Å². The summed E-state index contributed by atoms with van der Waals surface area (Å²) in [4.78, 5) is 0. The zero-order valence-corrected chi connectivity index (χ0v) is 12.6. The summed E-state index contributed by atoms with van der Waals surface area (Å²) in [5.74, 6) is 2.41. The number of alkyl halides is 1. The van der Waals surface area contributed by atoms with Gasteiger partial charge in [0.1, 0.15) is 0 Å². The topological polar surface area (TPSA) is 0 Å². The van der Waals surface area contributed by atoms with E-state index in [1.165, 1.54) is 12.8 Å². The molecule has 1 heteroatoms. The Kier molecular flexibility index (Phi) is 3.93. The Morgan fingerprint density at radius 1 is 1.31 bits per heavy atom. The SMILES string of the molecule is CCC(C)C1CC(C)C(I)c2ccccc21. The highest BCUT2D eigenvalue weighted by Gasteiger charge is 2.32. The van der Waals surface area contributed by atoms with Crippen molar-refractivity contribution in [3.63, 3.8) is 0 Å². The summed E-state index contributed by atoms with van der Waals surface area (Å²) >= 11 is 2.62. The minimum Gasteiger partial charge on any atom is -0.0771 e. The van der Waals surface area contributed by atoms with Crippen molar-refractivity contribution in [2.45, 2.75) is 43.5 Å². The maximum atomic E-state index is 2.62. The minimum absolute atomic E-state index is 0.703. The van der Waals surface area contributed by atoms with Crippen molar-refractivity contribution >= 4 is 22.6 Å². The summed E-state index contributed by atoms with van der Waals surface area (Å²) in [5, 5.41) is 0. The molecule has 0 saturated carbocycles. The summed E-state index contributed by atoms with van der Waals surface area (Å²) in [7, 11) is 0. The first-order valence-electron chi connectivity index (χ1n) is 6.38. The fraction of sp³-hybridized carbons (Fsp3) is 0.600. The lowest BCUT2D eigenvalue weighted by atomic mass is 9.72. The predicted octanol–water partition coefficient (Wildman–Crippen LogP) is 5.33. The van der Waals surface area contributed by atoms with Crippen molar-refractivity contribution in [2.24, 2.45) is 11.8 Å². The highest BCUT2D eigenvalue weighted by molar-refractivity contribution is 14.1. The van der Waals surface area contributed by atoms with Gasteiger partial charge in [-0.2, -0.15) is 0 Å². The molecule has 0 spiro atoms. The van der Waals surface area contributed by atoms with Crippen LogP contribution in [0.4, 0.5) is 0 Å². The quantitative estimate of drug-likeness (QED) is 0.508. The Balaban J connectivity index is 2.40. The van der Waals surface area contributed by atoms with E-state index in [0.717, 1.165) is 17.8 Å². The van der Waals surface area contributed by atoms with Gasteiger partial charge in [0, 0.05) is 3.92 Å². The lowest BCUT2D eigenvalue weighted by molar-refractivity contribution is 0.342. The lowest BCUT2D eigenvalue weighted by Gasteiger charge is -2.36. The van der Waals surface area contributed by atoms with Crippen molar-refractivity contribution in [1.82, 2.24) is 0 Å². The standard InChI is InChI=1S/C15H21I/c1-4-10(2)14-9-11(3)15(16)13-8-6-5-7-12(13)14/h5-8,10-11,14-15H,4,9H2,1-3H3. The lowest BCUT2D eigenvalue weighted by Crippen LogP contribution is -2.22. The molecule has 0 aliphatic heterocycles. The molecule has 0 bridgehead atoms. The summed E-state index contributed by atoms with van der Waals surface area (Å²) in [5.41, 5.74) is 3.21. The average Bonchev–Trinajstić information content (AvgIpc) is 2.33. The predicted molar refractivity (Wildman–Crippen MR) is 79.2 cm³/mol. The molecule has 16 heavy (non-hydrogen) atoms. The van der Waals surface area contributed by atoms with E-state index >= 15 is 0 Å². The number of hydrogen-bond donors (Lipinski definition) is 0. The molecule has 0 nitrogen and oxygen atoms in total. The van der Waals surface area contributed by atoms with E-state index in [4.69, 9.17) is 0 Å². The van der Waals surface area contributed by atoms with E-state index in [2.05, 4.69) is 67.6 Å². The number of benzene rings is 1. The fourth-order valence-corrected chi connectivity index (χ4v) is 3.74. The van der Waals surface area contributed by atoms with Gasteiger partial charge in [-0.15, -0.1) is 0 Å². The Bertz CT molecular complexity index is 358. The number of fused-ring (bicyclic) bond motifs is 1. The third-order valence-corrected chi connectivity index (χ3v) is 6.05. The van der Waals surface area contributed by atoms with E-state index in [1.807, 2.05) is 0 Å². The Hall–Kier alpha value is -0.0500. The molecule has 4 unspecified atom stereocenters. The van der Waals surface area contributed by atoms with Gasteiger partial charge < -0.3 is 0 Å². The molecule has 0 saturated heterocycles. The molecule has 0 radical (unpaired) electrons. The summed E-state index contributed by atoms with van der Waals surface area (Å²) in [6.07, 6.45) is 2.65. The maximum Gasteiger partial charge on any atom is 0.0388 e. The third kappa shape index (κ3) is 2.15. The second-order valence-corrected chi connectivity index (χ2v) is 6.58. The smallest absolute Gasteiger partial charge is 0.0388 e. The van der Waals surface area contributed by atoms with Gasteiger partial charge in [0.2, 0.25) is 0 Å².